The Hall–Kier alpha value is -1.49. The molecule has 4 nitrogen and oxygen atoms in total. The fourth-order valence-corrected chi connectivity index (χ4v) is 5.78. The van der Waals surface area contributed by atoms with Gasteiger partial charge in [-0.3, -0.25) is 9.59 Å². The lowest BCUT2D eigenvalue weighted by molar-refractivity contribution is -0.138. The van der Waals surface area contributed by atoms with Crippen molar-refractivity contribution in [2.45, 2.75) is 55.4 Å². The van der Waals surface area contributed by atoms with Crippen molar-refractivity contribution in [1.29, 1.82) is 0 Å². The zero-order chi connectivity index (χ0) is 16.8. The molecule has 1 aromatic rings. The van der Waals surface area contributed by atoms with Gasteiger partial charge in [0.15, 0.2) is 0 Å². The summed E-state index contributed by atoms with van der Waals surface area (Å²) in [6.07, 6.45) is 4.89. The molecule has 0 spiro atoms. The van der Waals surface area contributed by atoms with E-state index >= 15 is 0 Å². The Bertz CT molecular complexity index is 659. The maximum atomic E-state index is 12.8. The molecule has 128 valence electrons. The highest BCUT2D eigenvalue weighted by Crippen LogP contribution is 2.47. The van der Waals surface area contributed by atoms with Crippen LogP contribution in [0.2, 0.25) is 0 Å². The van der Waals surface area contributed by atoms with Gasteiger partial charge in [-0.05, 0) is 31.7 Å². The first-order valence-corrected chi connectivity index (χ1v) is 9.82. The number of nitrogens with one attached hydrogen (secondary N) is 1. The quantitative estimate of drug-likeness (QED) is 0.914. The molecule has 3 fully saturated rings. The van der Waals surface area contributed by atoms with Crippen LogP contribution < -0.4 is 5.32 Å². The number of hydrogen-bond donors (Lipinski definition) is 1. The molecule has 24 heavy (non-hydrogen) atoms. The van der Waals surface area contributed by atoms with Crippen LogP contribution in [0.25, 0.3) is 0 Å². The maximum absolute atomic E-state index is 12.8. The molecule has 3 aliphatic rings. The zero-order valence-electron chi connectivity index (χ0n) is 14.1. The molecular formula is C19H24N2O2S. The molecule has 2 unspecified atom stereocenters. The Balaban J connectivity index is 1.44. The highest BCUT2D eigenvalue weighted by Gasteiger charge is 2.53. The molecule has 1 saturated carbocycles. The third-order valence-electron chi connectivity index (χ3n) is 6.05. The third kappa shape index (κ3) is 2.44. The van der Waals surface area contributed by atoms with Crippen molar-refractivity contribution < 1.29 is 9.59 Å². The first-order chi connectivity index (χ1) is 11.5. The van der Waals surface area contributed by atoms with Crippen molar-refractivity contribution in [2.75, 3.05) is 12.3 Å². The Morgan fingerprint density at radius 1 is 1.29 bits per heavy atom. The second-order valence-corrected chi connectivity index (χ2v) is 8.98. The van der Waals surface area contributed by atoms with Gasteiger partial charge in [-0.1, -0.05) is 36.8 Å². The van der Waals surface area contributed by atoms with Gasteiger partial charge < -0.3 is 10.2 Å². The van der Waals surface area contributed by atoms with Crippen LogP contribution in [0.3, 0.4) is 0 Å². The smallest absolute Gasteiger partial charge is 0.243 e. The molecule has 2 atom stereocenters. The summed E-state index contributed by atoms with van der Waals surface area (Å²) in [4.78, 5) is 26.6. The van der Waals surface area contributed by atoms with Crippen molar-refractivity contribution in [3.05, 3.63) is 35.9 Å². The van der Waals surface area contributed by atoms with E-state index in [4.69, 9.17) is 0 Å². The van der Waals surface area contributed by atoms with E-state index in [1.165, 1.54) is 12.0 Å². The molecule has 0 radical (unpaired) electrons. The van der Waals surface area contributed by atoms with Crippen LogP contribution in [0.1, 0.15) is 44.6 Å². The largest absolute Gasteiger partial charge is 0.353 e. The average Bonchev–Trinajstić information content (AvgIpc) is 3.04. The molecule has 5 heteroatoms. The van der Waals surface area contributed by atoms with Gasteiger partial charge in [0.1, 0.15) is 6.04 Å². The fourth-order valence-electron chi connectivity index (χ4n) is 4.35. The van der Waals surface area contributed by atoms with Crippen molar-refractivity contribution in [3.63, 3.8) is 0 Å². The first-order valence-electron chi connectivity index (χ1n) is 8.84. The summed E-state index contributed by atoms with van der Waals surface area (Å²) in [5.74, 6) is 0.861. The lowest BCUT2D eigenvalue weighted by Gasteiger charge is -2.43. The molecular weight excluding hydrogens is 320 g/mol. The van der Waals surface area contributed by atoms with Crippen LogP contribution in [0.4, 0.5) is 0 Å². The lowest BCUT2D eigenvalue weighted by Crippen LogP contribution is -2.53. The number of thioether (sulfide) groups is 1. The van der Waals surface area contributed by atoms with Gasteiger partial charge in [0.25, 0.3) is 0 Å². The summed E-state index contributed by atoms with van der Waals surface area (Å²) >= 11 is 1.75. The highest BCUT2D eigenvalue weighted by atomic mass is 32.2. The van der Waals surface area contributed by atoms with Crippen molar-refractivity contribution >= 4 is 23.6 Å². The van der Waals surface area contributed by atoms with Crippen LogP contribution >= 0.6 is 11.8 Å². The number of amides is 2. The van der Waals surface area contributed by atoms with Crippen LogP contribution in [-0.2, 0) is 15.0 Å². The predicted molar refractivity (Wildman–Crippen MR) is 95.7 cm³/mol. The maximum Gasteiger partial charge on any atom is 0.243 e. The standard InChI is InChI=1S/C19H24N2O2S/c1-18-11-8-16(22)21(18)15(12-24-18)17(23)20-13-19(9-5-10-19)14-6-3-2-4-7-14/h2-4,6-7,15H,5,8-13H2,1H3,(H,20,23). The van der Waals surface area contributed by atoms with Gasteiger partial charge in [-0.15, -0.1) is 11.8 Å². The van der Waals surface area contributed by atoms with E-state index < -0.39 is 0 Å². The minimum absolute atomic E-state index is 0.0173. The summed E-state index contributed by atoms with van der Waals surface area (Å²) in [5.41, 5.74) is 1.40. The topological polar surface area (TPSA) is 49.4 Å². The normalized spacial score (nSPS) is 30.8. The van der Waals surface area contributed by atoms with Crippen LogP contribution in [-0.4, -0.2) is 39.9 Å². The van der Waals surface area contributed by atoms with Gasteiger partial charge in [-0.2, -0.15) is 0 Å². The Kier molecular flexibility index (Phi) is 3.87. The van der Waals surface area contributed by atoms with E-state index in [1.807, 2.05) is 11.0 Å². The Labute approximate surface area is 147 Å². The fraction of sp³-hybridized carbons (Fsp3) is 0.579. The summed E-state index contributed by atoms with van der Waals surface area (Å²) in [6.45, 7) is 2.77. The monoisotopic (exact) mass is 344 g/mol. The summed E-state index contributed by atoms with van der Waals surface area (Å²) < 4.78 is 0. The number of carbonyl (C=O) groups excluding carboxylic acids is 2. The molecule has 2 saturated heterocycles. The van der Waals surface area contributed by atoms with Gasteiger partial charge in [-0.25, -0.2) is 0 Å². The molecule has 1 N–H and O–H groups in total. The van der Waals surface area contributed by atoms with Gasteiger partial charge in [0.05, 0.1) is 4.87 Å². The summed E-state index contributed by atoms with van der Waals surface area (Å²) in [5, 5.41) is 3.17. The molecule has 1 aromatic carbocycles. The molecule has 0 bridgehead atoms. The van der Waals surface area contributed by atoms with E-state index in [9.17, 15) is 9.59 Å². The summed E-state index contributed by atoms with van der Waals surface area (Å²) in [7, 11) is 0. The Morgan fingerprint density at radius 2 is 2.04 bits per heavy atom. The zero-order valence-corrected chi connectivity index (χ0v) is 14.9. The minimum Gasteiger partial charge on any atom is -0.353 e. The second kappa shape index (κ2) is 5.80. The van der Waals surface area contributed by atoms with E-state index in [1.54, 1.807) is 11.8 Å². The number of rotatable bonds is 4. The number of benzene rings is 1. The first kappa shape index (κ1) is 16.0. The molecule has 0 aromatic heterocycles. The van der Waals surface area contributed by atoms with Gasteiger partial charge in [0.2, 0.25) is 11.8 Å². The van der Waals surface area contributed by atoms with Gasteiger partial charge >= 0.3 is 0 Å². The summed E-state index contributed by atoms with van der Waals surface area (Å²) in [6, 6.07) is 10.2. The number of fused-ring (bicyclic) bond motifs is 1. The van der Waals surface area contributed by atoms with Crippen LogP contribution in [0.15, 0.2) is 30.3 Å². The predicted octanol–water partition coefficient (Wildman–Crippen LogP) is 2.68. The molecule has 2 amide bonds. The molecule has 2 aliphatic heterocycles. The van der Waals surface area contributed by atoms with E-state index in [-0.39, 0.29) is 28.1 Å². The van der Waals surface area contributed by atoms with Crippen LogP contribution in [0.5, 0.6) is 0 Å². The minimum atomic E-state index is -0.303. The van der Waals surface area contributed by atoms with E-state index in [0.717, 1.165) is 19.3 Å². The SMILES string of the molecule is CC12CCC(=O)N1C(C(=O)NCC1(c3ccccc3)CCC1)CS2. The second-order valence-electron chi connectivity index (χ2n) is 7.48. The van der Waals surface area contributed by atoms with Crippen LogP contribution in [0, 0.1) is 0 Å². The highest BCUT2D eigenvalue weighted by molar-refractivity contribution is 8.01. The third-order valence-corrected chi connectivity index (χ3v) is 7.55. The number of hydrogen-bond acceptors (Lipinski definition) is 3. The Morgan fingerprint density at radius 3 is 2.71 bits per heavy atom. The molecule has 2 heterocycles. The van der Waals surface area contributed by atoms with Crippen molar-refractivity contribution in [2.24, 2.45) is 0 Å². The number of carbonyl (C=O) groups is 2. The average molecular weight is 344 g/mol. The molecule has 4 rings (SSSR count). The van der Waals surface area contributed by atoms with Crippen molar-refractivity contribution in [3.8, 4) is 0 Å². The molecule has 1 aliphatic carbocycles. The van der Waals surface area contributed by atoms with Crippen molar-refractivity contribution in [1.82, 2.24) is 10.2 Å². The van der Waals surface area contributed by atoms with E-state index in [2.05, 4.69) is 36.5 Å². The van der Waals surface area contributed by atoms with Gasteiger partial charge in [0, 0.05) is 24.1 Å². The van der Waals surface area contributed by atoms with E-state index in [0.29, 0.717) is 18.7 Å². The lowest BCUT2D eigenvalue weighted by atomic mass is 9.64. The number of nitrogens with zero attached hydrogens (tertiary/aromatic N) is 1.